The molecule has 0 atom stereocenters. The summed E-state index contributed by atoms with van der Waals surface area (Å²) in [6.07, 6.45) is 1.66. The van der Waals surface area contributed by atoms with Crippen molar-refractivity contribution in [3.8, 4) is 0 Å². The highest BCUT2D eigenvalue weighted by Gasteiger charge is 2.04. The first-order valence-electron chi connectivity index (χ1n) is 6.81. The number of nitrogens with zero attached hydrogens (tertiary/aromatic N) is 1. The van der Waals surface area contributed by atoms with E-state index in [1.54, 1.807) is 18.3 Å². The summed E-state index contributed by atoms with van der Waals surface area (Å²) in [6.45, 7) is 0. The monoisotopic (exact) mass is 352 g/mol. The van der Waals surface area contributed by atoms with E-state index in [-0.39, 0.29) is 5.91 Å². The highest BCUT2D eigenvalue weighted by Crippen LogP contribution is 2.16. The predicted molar refractivity (Wildman–Crippen MR) is 93.2 cm³/mol. The molecule has 0 aliphatic rings. The number of hydrogen-bond donors (Lipinski definition) is 1. The molecule has 0 radical (unpaired) electrons. The van der Waals surface area contributed by atoms with Gasteiger partial charge in [-0.25, -0.2) is 5.43 Å². The molecule has 3 aromatic rings. The van der Waals surface area contributed by atoms with Crippen molar-refractivity contribution in [2.24, 2.45) is 5.10 Å². The fourth-order valence-corrected chi connectivity index (χ4v) is 2.62. The SMILES string of the molecule is O=C(NN=Cc1cccc2ccccc12)c1cccc(Br)c1. The minimum atomic E-state index is -0.238. The van der Waals surface area contributed by atoms with E-state index in [1.165, 1.54) is 0 Å². The van der Waals surface area contributed by atoms with E-state index in [0.717, 1.165) is 20.8 Å². The number of benzene rings is 3. The molecule has 0 aliphatic carbocycles. The number of rotatable bonds is 3. The molecule has 0 saturated carbocycles. The molecule has 108 valence electrons. The molecule has 0 spiro atoms. The second-order valence-corrected chi connectivity index (χ2v) is 5.69. The summed E-state index contributed by atoms with van der Waals surface area (Å²) >= 11 is 3.34. The van der Waals surface area contributed by atoms with Crippen LogP contribution in [0.1, 0.15) is 15.9 Å². The van der Waals surface area contributed by atoms with Crippen molar-refractivity contribution >= 4 is 38.8 Å². The first kappa shape index (κ1) is 14.5. The molecule has 3 rings (SSSR count). The topological polar surface area (TPSA) is 41.5 Å². The molecule has 0 unspecified atom stereocenters. The number of carbonyl (C=O) groups excluding carboxylic acids is 1. The summed E-state index contributed by atoms with van der Waals surface area (Å²) in [6, 6.07) is 21.2. The van der Waals surface area contributed by atoms with Gasteiger partial charge in [0.25, 0.3) is 5.91 Å². The normalized spacial score (nSPS) is 11.0. The van der Waals surface area contributed by atoms with E-state index in [9.17, 15) is 4.79 Å². The van der Waals surface area contributed by atoms with Gasteiger partial charge >= 0.3 is 0 Å². The van der Waals surface area contributed by atoms with Crippen molar-refractivity contribution in [3.63, 3.8) is 0 Å². The Balaban J connectivity index is 1.78. The maximum Gasteiger partial charge on any atom is 0.271 e. The highest BCUT2D eigenvalue weighted by atomic mass is 79.9. The van der Waals surface area contributed by atoms with E-state index in [1.807, 2.05) is 54.6 Å². The number of halogens is 1. The Morgan fingerprint density at radius 3 is 2.64 bits per heavy atom. The molecule has 22 heavy (non-hydrogen) atoms. The summed E-state index contributed by atoms with van der Waals surface area (Å²) in [7, 11) is 0. The number of nitrogens with one attached hydrogen (secondary N) is 1. The van der Waals surface area contributed by atoms with Crippen LogP contribution in [0.2, 0.25) is 0 Å². The average Bonchev–Trinajstić information content (AvgIpc) is 2.55. The van der Waals surface area contributed by atoms with Crippen molar-refractivity contribution < 1.29 is 4.79 Å². The van der Waals surface area contributed by atoms with E-state index in [2.05, 4.69) is 26.5 Å². The van der Waals surface area contributed by atoms with Crippen LogP contribution in [-0.4, -0.2) is 12.1 Å². The van der Waals surface area contributed by atoms with Crippen LogP contribution in [0.25, 0.3) is 10.8 Å². The smallest absolute Gasteiger partial charge is 0.267 e. The van der Waals surface area contributed by atoms with Gasteiger partial charge in [-0.1, -0.05) is 64.5 Å². The second-order valence-electron chi connectivity index (χ2n) is 4.78. The van der Waals surface area contributed by atoms with Gasteiger partial charge in [-0.05, 0) is 29.0 Å². The lowest BCUT2D eigenvalue weighted by atomic mass is 10.1. The van der Waals surface area contributed by atoms with Gasteiger partial charge in [-0.2, -0.15) is 5.10 Å². The van der Waals surface area contributed by atoms with Crippen molar-refractivity contribution in [2.45, 2.75) is 0 Å². The molecule has 0 aromatic heterocycles. The van der Waals surface area contributed by atoms with Gasteiger partial charge in [0.1, 0.15) is 0 Å². The fraction of sp³-hybridized carbons (Fsp3) is 0. The number of amides is 1. The Kier molecular flexibility index (Phi) is 4.30. The quantitative estimate of drug-likeness (QED) is 0.552. The van der Waals surface area contributed by atoms with Crippen molar-refractivity contribution in [2.75, 3.05) is 0 Å². The van der Waals surface area contributed by atoms with Gasteiger partial charge in [0.05, 0.1) is 6.21 Å². The fourth-order valence-electron chi connectivity index (χ4n) is 2.22. The van der Waals surface area contributed by atoms with Crippen molar-refractivity contribution in [1.82, 2.24) is 5.43 Å². The van der Waals surface area contributed by atoms with E-state index in [0.29, 0.717) is 5.56 Å². The Labute approximate surface area is 136 Å². The molecule has 0 fully saturated rings. The van der Waals surface area contributed by atoms with Crippen LogP contribution in [-0.2, 0) is 0 Å². The zero-order chi connectivity index (χ0) is 15.4. The first-order chi connectivity index (χ1) is 10.7. The summed E-state index contributed by atoms with van der Waals surface area (Å²) in [5, 5.41) is 6.30. The maximum absolute atomic E-state index is 12.0. The molecular weight excluding hydrogens is 340 g/mol. The Morgan fingerprint density at radius 1 is 1.00 bits per heavy atom. The van der Waals surface area contributed by atoms with Crippen LogP contribution < -0.4 is 5.43 Å². The number of hydrogen-bond acceptors (Lipinski definition) is 2. The molecule has 1 amide bonds. The summed E-state index contributed by atoms with van der Waals surface area (Å²) in [4.78, 5) is 12.0. The van der Waals surface area contributed by atoms with Crippen LogP contribution in [0.3, 0.4) is 0 Å². The van der Waals surface area contributed by atoms with E-state index >= 15 is 0 Å². The van der Waals surface area contributed by atoms with E-state index in [4.69, 9.17) is 0 Å². The van der Waals surface area contributed by atoms with Crippen molar-refractivity contribution in [1.29, 1.82) is 0 Å². The average molecular weight is 353 g/mol. The summed E-state index contributed by atoms with van der Waals surface area (Å²) in [5.41, 5.74) is 4.07. The van der Waals surface area contributed by atoms with Crippen LogP contribution in [0, 0.1) is 0 Å². The van der Waals surface area contributed by atoms with Gasteiger partial charge in [0, 0.05) is 15.6 Å². The summed E-state index contributed by atoms with van der Waals surface area (Å²) < 4.78 is 0.859. The minimum absolute atomic E-state index is 0.238. The van der Waals surface area contributed by atoms with Gasteiger partial charge in [-0.15, -0.1) is 0 Å². The van der Waals surface area contributed by atoms with Crippen LogP contribution >= 0.6 is 15.9 Å². The van der Waals surface area contributed by atoms with Crippen LogP contribution in [0.15, 0.2) is 76.3 Å². The molecule has 3 aromatic carbocycles. The van der Waals surface area contributed by atoms with Gasteiger partial charge in [-0.3, -0.25) is 4.79 Å². The standard InChI is InChI=1S/C18H13BrN2O/c19-16-9-4-7-14(11-16)18(22)21-20-12-15-8-3-6-13-5-1-2-10-17(13)15/h1-12H,(H,21,22). The molecule has 0 heterocycles. The lowest BCUT2D eigenvalue weighted by Crippen LogP contribution is -2.17. The molecule has 4 heteroatoms. The first-order valence-corrected chi connectivity index (χ1v) is 7.60. The highest BCUT2D eigenvalue weighted by molar-refractivity contribution is 9.10. The zero-order valence-corrected chi connectivity index (χ0v) is 13.2. The molecule has 0 bridgehead atoms. The third kappa shape index (κ3) is 3.23. The third-order valence-corrected chi connectivity index (χ3v) is 3.77. The Morgan fingerprint density at radius 2 is 1.77 bits per heavy atom. The summed E-state index contributed by atoms with van der Waals surface area (Å²) in [5.74, 6) is -0.238. The molecule has 0 aliphatic heterocycles. The van der Waals surface area contributed by atoms with Crippen molar-refractivity contribution in [3.05, 3.63) is 82.3 Å². The molecule has 3 nitrogen and oxygen atoms in total. The molecule has 0 saturated heterocycles. The molecular formula is C18H13BrN2O. The number of carbonyl (C=O) groups is 1. The number of hydrazone groups is 1. The van der Waals surface area contributed by atoms with Gasteiger partial charge in [0.15, 0.2) is 0 Å². The minimum Gasteiger partial charge on any atom is -0.267 e. The zero-order valence-electron chi connectivity index (χ0n) is 11.7. The Hall–Kier alpha value is -2.46. The van der Waals surface area contributed by atoms with Crippen LogP contribution in [0.5, 0.6) is 0 Å². The van der Waals surface area contributed by atoms with Crippen LogP contribution in [0.4, 0.5) is 0 Å². The molecule has 1 N–H and O–H groups in total. The lowest BCUT2D eigenvalue weighted by molar-refractivity contribution is 0.0955. The third-order valence-electron chi connectivity index (χ3n) is 3.28. The lowest BCUT2D eigenvalue weighted by Gasteiger charge is -2.02. The largest absolute Gasteiger partial charge is 0.271 e. The van der Waals surface area contributed by atoms with E-state index < -0.39 is 0 Å². The van der Waals surface area contributed by atoms with Gasteiger partial charge < -0.3 is 0 Å². The van der Waals surface area contributed by atoms with Gasteiger partial charge in [0.2, 0.25) is 0 Å². The number of fused-ring (bicyclic) bond motifs is 1. The maximum atomic E-state index is 12.0. The Bertz CT molecular complexity index is 853. The predicted octanol–water partition coefficient (Wildman–Crippen LogP) is 4.37. The second kappa shape index (κ2) is 6.54.